The average molecular weight is 296 g/mol. The zero-order valence-corrected chi connectivity index (χ0v) is 14.1. The average Bonchev–Trinajstić information content (AvgIpc) is 2.87. The van der Waals surface area contributed by atoms with Gasteiger partial charge in [-0.25, -0.2) is 0 Å². The second-order valence-electron chi connectivity index (χ2n) is 5.82. The van der Waals surface area contributed by atoms with Crippen molar-refractivity contribution in [1.29, 1.82) is 0 Å². The van der Waals surface area contributed by atoms with Crippen molar-refractivity contribution in [3.8, 4) is 0 Å². The van der Waals surface area contributed by atoms with E-state index in [1.165, 1.54) is 4.88 Å². The molecule has 0 aromatic carbocycles. The van der Waals surface area contributed by atoms with Gasteiger partial charge in [0.15, 0.2) is 5.96 Å². The van der Waals surface area contributed by atoms with E-state index in [4.69, 9.17) is 0 Å². The molecule has 114 valence electrons. The molecule has 0 bridgehead atoms. The van der Waals surface area contributed by atoms with E-state index in [1.807, 2.05) is 0 Å². The van der Waals surface area contributed by atoms with Crippen molar-refractivity contribution in [2.24, 2.45) is 4.99 Å². The standard InChI is InChI=1S/C15H28N4S/c1-6-16-14(17-9-10-18-15(3,4)5)19-12(2)13-8-7-11-20-13/h7-8,11-12,18H,6,9-10H2,1-5H3,(H2,16,17,19). The molecular weight excluding hydrogens is 268 g/mol. The van der Waals surface area contributed by atoms with E-state index in [-0.39, 0.29) is 11.6 Å². The predicted molar refractivity (Wildman–Crippen MR) is 89.6 cm³/mol. The van der Waals surface area contributed by atoms with Gasteiger partial charge in [0.05, 0.1) is 12.6 Å². The Morgan fingerprint density at radius 1 is 1.40 bits per heavy atom. The summed E-state index contributed by atoms with van der Waals surface area (Å²) in [5, 5.41) is 12.3. The van der Waals surface area contributed by atoms with Crippen LogP contribution in [0.1, 0.15) is 45.5 Å². The van der Waals surface area contributed by atoms with Crippen LogP contribution in [0.4, 0.5) is 0 Å². The molecule has 0 aliphatic carbocycles. The summed E-state index contributed by atoms with van der Waals surface area (Å²) in [6.45, 7) is 13.3. The zero-order valence-electron chi connectivity index (χ0n) is 13.3. The van der Waals surface area contributed by atoms with E-state index < -0.39 is 0 Å². The molecule has 0 spiro atoms. The molecule has 1 unspecified atom stereocenters. The third-order valence-electron chi connectivity index (χ3n) is 2.70. The molecule has 0 fully saturated rings. The van der Waals surface area contributed by atoms with Crippen molar-refractivity contribution in [2.75, 3.05) is 19.6 Å². The largest absolute Gasteiger partial charge is 0.357 e. The van der Waals surface area contributed by atoms with Crippen LogP contribution in [-0.4, -0.2) is 31.1 Å². The lowest BCUT2D eigenvalue weighted by Crippen LogP contribution is -2.40. The molecule has 0 saturated heterocycles. The normalized spacial score (nSPS) is 14.2. The minimum Gasteiger partial charge on any atom is -0.357 e. The minimum atomic E-state index is 0.144. The van der Waals surface area contributed by atoms with Crippen molar-refractivity contribution in [1.82, 2.24) is 16.0 Å². The van der Waals surface area contributed by atoms with Gasteiger partial charge < -0.3 is 16.0 Å². The number of nitrogens with zero attached hydrogens (tertiary/aromatic N) is 1. The van der Waals surface area contributed by atoms with Crippen LogP contribution in [-0.2, 0) is 0 Å². The lowest BCUT2D eigenvalue weighted by molar-refractivity contribution is 0.432. The van der Waals surface area contributed by atoms with Gasteiger partial charge in [-0.15, -0.1) is 11.3 Å². The molecule has 0 radical (unpaired) electrons. The Hall–Kier alpha value is -1.07. The summed E-state index contributed by atoms with van der Waals surface area (Å²) in [5.74, 6) is 0.879. The van der Waals surface area contributed by atoms with Gasteiger partial charge in [-0.2, -0.15) is 0 Å². The second kappa shape index (κ2) is 8.27. The maximum absolute atomic E-state index is 4.60. The topological polar surface area (TPSA) is 48.5 Å². The first-order valence-corrected chi connectivity index (χ1v) is 8.13. The van der Waals surface area contributed by atoms with E-state index in [0.717, 1.165) is 25.6 Å². The Bertz CT molecular complexity index is 393. The van der Waals surface area contributed by atoms with E-state index in [0.29, 0.717) is 0 Å². The molecule has 4 nitrogen and oxygen atoms in total. The fourth-order valence-electron chi connectivity index (χ4n) is 1.73. The smallest absolute Gasteiger partial charge is 0.191 e. The molecule has 3 N–H and O–H groups in total. The van der Waals surface area contributed by atoms with Crippen molar-refractivity contribution in [3.63, 3.8) is 0 Å². The third-order valence-corrected chi connectivity index (χ3v) is 3.76. The van der Waals surface area contributed by atoms with Crippen LogP contribution in [0, 0.1) is 0 Å². The first-order valence-electron chi connectivity index (χ1n) is 7.25. The van der Waals surface area contributed by atoms with Gasteiger partial charge in [0.1, 0.15) is 0 Å². The first-order chi connectivity index (χ1) is 9.42. The predicted octanol–water partition coefficient (Wildman–Crippen LogP) is 2.75. The first kappa shape index (κ1) is 17.0. The minimum absolute atomic E-state index is 0.144. The van der Waals surface area contributed by atoms with Crippen molar-refractivity contribution >= 4 is 17.3 Å². The monoisotopic (exact) mass is 296 g/mol. The van der Waals surface area contributed by atoms with Crippen molar-refractivity contribution in [2.45, 2.75) is 46.2 Å². The maximum Gasteiger partial charge on any atom is 0.191 e. The summed E-state index contributed by atoms with van der Waals surface area (Å²) >= 11 is 1.77. The van der Waals surface area contributed by atoms with Gasteiger partial charge >= 0.3 is 0 Å². The van der Waals surface area contributed by atoms with Gasteiger partial charge in [-0.05, 0) is 46.1 Å². The number of hydrogen-bond donors (Lipinski definition) is 3. The molecule has 1 atom stereocenters. The number of thiophene rings is 1. The van der Waals surface area contributed by atoms with E-state index in [1.54, 1.807) is 11.3 Å². The Kier molecular flexibility index (Phi) is 7.02. The van der Waals surface area contributed by atoms with Crippen LogP contribution in [0.25, 0.3) is 0 Å². The highest BCUT2D eigenvalue weighted by molar-refractivity contribution is 7.10. The van der Waals surface area contributed by atoms with Gasteiger partial charge in [0.25, 0.3) is 0 Å². The van der Waals surface area contributed by atoms with Crippen LogP contribution in [0.15, 0.2) is 22.5 Å². The Morgan fingerprint density at radius 3 is 2.70 bits per heavy atom. The van der Waals surface area contributed by atoms with Crippen molar-refractivity contribution in [3.05, 3.63) is 22.4 Å². The van der Waals surface area contributed by atoms with E-state index in [2.05, 4.69) is 73.1 Å². The quantitative estimate of drug-likeness (QED) is 0.430. The van der Waals surface area contributed by atoms with Crippen LogP contribution >= 0.6 is 11.3 Å². The molecule has 20 heavy (non-hydrogen) atoms. The van der Waals surface area contributed by atoms with E-state index >= 15 is 0 Å². The highest BCUT2D eigenvalue weighted by Gasteiger charge is 2.09. The molecule has 0 saturated carbocycles. The number of aliphatic imine (C=N–C) groups is 1. The summed E-state index contributed by atoms with van der Waals surface area (Å²) < 4.78 is 0. The van der Waals surface area contributed by atoms with Crippen molar-refractivity contribution < 1.29 is 0 Å². The summed E-state index contributed by atoms with van der Waals surface area (Å²) in [5.41, 5.74) is 0.144. The molecule has 5 heteroatoms. The summed E-state index contributed by atoms with van der Waals surface area (Å²) in [6, 6.07) is 4.51. The number of guanidine groups is 1. The molecule has 1 aromatic heterocycles. The summed E-state index contributed by atoms with van der Waals surface area (Å²) in [6.07, 6.45) is 0. The third kappa shape index (κ3) is 6.91. The Labute approximate surface area is 127 Å². The van der Waals surface area contributed by atoms with Gasteiger partial charge in [0, 0.05) is 23.5 Å². The number of hydrogen-bond acceptors (Lipinski definition) is 3. The number of nitrogens with one attached hydrogen (secondary N) is 3. The fourth-order valence-corrected chi connectivity index (χ4v) is 2.47. The molecule has 0 aliphatic rings. The lowest BCUT2D eigenvalue weighted by atomic mass is 10.1. The molecule has 1 heterocycles. The Morgan fingerprint density at radius 2 is 2.15 bits per heavy atom. The highest BCUT2D eigenvalue weighted by Crippen LogP contribution is 2.17. The van der Waals surface area contributed by atoms with Crippen LogP contribution in [0.3, 0.4) is 0 Å². The van der Waals surface area contributed by atoms with Gasteiger partial charge in [0.2, 0.25) is 0 Å². The van der Waals surface area contributed by atoms with Gasteiger partial charge in [-0.3, -0.25) is 4.99 Å². The maximum atomic E-state index is 4.60. The molecule has 0 aliphatic heterocycles. The second-order valence-corrected chi connectivity index (χ2v) is 6.80. The molecular formula is C15H28N4S. The van der Waals surface area contributed by atoms with Crippen LogP contribution in [0.5, 0.6) is 0 Å². The molecule has 1 rings (SSSR count). The summed E-state index contributed by atoms with van der Waals surface area (Å²) in [7, 11) is 0. The number of rotatable bonds is 6. The lowest BCUT2D eigenvalue weighted by Gasteiger charge is -2.20. The highest BCUT2D eigenvalue weighted by atomic mass is 32.1. The SMILES string of the molecule is CCNC(=NCCNC(C)(C)C)NC(C)c1cccs1. The zero-order chi connectivity index (χ0) is 15.0. The van der Waals surface area contributed by atoms with Crippen LogP contribution < -0.4 is 16.0 Å². The van der Waals surface area contributed by atoms with E-state index in [9.17, 15) is 0 Å². The Balaban J connectivity index is 2.46. The molecule has 1 aromatic rings. The van der Waals surface area contributed by atoms with Gasteiger partial charge in [-0.1, -0.05) is 6.07 Å². The van der Waals surface area contributed by atoms with Crippen LogP contribution in [0.2, 0.25) is 0 Å². The molecule has 0 amide bonds. The fraction of sp³-hybridized carbons (Fsp3) is 0.667. The summed E-state index contributed by atoms with van der Waals surface area (Å²) in [4.78, 5) is 5.93.